The number of aliphatic imine (C=N–C) groups is 1. The number of hydrogen-bond acceptors (Lipinski definition) is 6. The van der Waals surface area contributed by atoms with E-state index in [1.54, 1.807) is 29.2 Å². The topological polar surface area (TPSA) is 83.2 Å². The third-order valence-electron chi connectivity index (χ3n) is 3.78. The molecule has 1 amide bonds. The third-order valence-corrected chi connectivity index (χ3v) is 6.66. The lowest BCUT2D eigenvalue weighted by molar-refractivity contribution is 0.0825. The molecule has 0 aliphatic carbocycles. The van der Waals surface area contributed by atoms with Crippen molar-refractivity contribution in [1.29, 1.82) is 0 Å². The van der Waals surface area contributed by atoms with Crippen LogP contribution in [0.1, 0.15) is 17.5 Å². The van der Waals surface area contributed by atoms with Gasteiger partial charge < -0.3 is 4.42 Å². The van der Waals surface area contributed by atoms with E-state index in [2.05, 4.69) is 4.99 Å². The Labute approximate surface area is 156 Å². The maximum Gasteiger partial charge on any atom is 0.295 e. The second kappa shape index (κ2) is 7.26. The van der Waals surface area contributed by atoms with Crippen molar-refractivity contribution in [3.05, 3.63) is 48.4 Å². The lowest BCUT2D eigenvalue weighted by atomic mass is 10.3. The van der Waals surface area contributed by atoms with Gasteiger partial charge in [-0.3, -0.25) is 9.69 Å². The van der Waals surface area contributed by atoms with Crippen molar-refractivity contribution in [1.82, 2.24) is 9.21 Å². The van der Waals surface area contributed by atoms with E-state index in [0.717, 1.165) is 4.31 Å². The van der Waals surface area contributed by atoms with Crippen molar-refractivity contribution in [2.45, 2.75) is 17.1 Å². The average molecular weight is 393 g/mol. The summed E-state index contributed by atoms with van der Waals surface area (Å²) < 4.78 is 30.9. The van der Waals surface area contributed by atoms with Crippen LogP contribution in [0.4, 0.5) is 5.69 Å². The number of amidine groups is 1. The summed E-state index contributed by atoms with van der Waals surface area (Å²) >= 11 is 1.47. The average Bonchev–Trinajstić information content (AvgIpc) is 3.24. The Morgan fingerprint density at radius 1 is 1.31 bits per heavy atom. The zero-order chi connectivity index (χ0) is 18.9. The number of benzene rings is 1. The van der Waals surface area contributed by atoms with Gasteiger partial charge >= 0.3 is 0 Å². The molecule has 2 aromatic rings. The summed E-state index contributed by atoms with van der Waals surface area (Å²) in [5.41, 5.74) is 0.474. The summed E-state index contributed by atoms with van der Waals surface area (Å²) in [5.74, 6) is -0.0148. The molecule has 1 atom stereocenters. The van der Waals surface area contributed by atoms with Crippen LogP contribution in [-0.2, 0) is 10.0 Å². The Bertz CT molecular complexity index is 937. The normalized spacial score (nSPS) is 19.5. The van der Waals surface area contributed by atoms with Gasteiger partial charge in [-0.15, -0.1) is 0 Å². The molecule has 1 aliphatic rings. The van der Waals surface area contributed by atoms with Crippen molar-refractivity contribution in [3.8, 4) is 0 Å². The number of furan rings is 1. The summed E-state index contributed by atoms with van der Waals surface area (Å²) in [6.07, 6.45) is 1.45. The zero-order valence-corrected chi connectivity index (χ0v) is 16.3. The number of carbonyl (C=O) groups excluding carboxylic acids is 1. The van der Waals surface area contributed by atoms with Crippen LogP contribution in [0.25, 0.3) is 0 Å². The minimum absolute atomic E-state index is 0.157. The van der Waals surface area contributed by atoms with Gasteiger partial charge in [-0.1, -0.05) is 24.8 Å². The van der Waals surface area contributed by atoms with Gasteiger partial charge in [-0.25, -0.2) is 17.7 Å². The van der Waals surface area contributed by atoms with E-state index in [0.29, 0.717) is 17.4 Å². The van der Waals surface area contributed by atoms with Gasteiger partial charge in [0.1, 0.15) is 0 Å². The second-order valence-corrected chi connectivity index (χ2v) is 9.56. The largest absolute Gasteiger partial charge is 0.459 e. The summed E-state index contributed by atoms with van der Waals surface area (Å²) in [6.45, 7) is 2.52. The number of thioether (sulfide) groups is 1. The Morgan fingerprint density at radius 2 is 2.08 bits per heavy atom. The molecule has 0 saturated carbocycles. The number of amides is 1. The third kappa shape index (κ3) is 3.69. The van der Waals surface area contributed by atoms with Crippen molar-refractivity contribution in [2.24, 2.45) is 4.99 Å². The van der Waals surface area contributed by atoms with Crippen molar-refractivity contribution < 1.29 is 17.6 Å². The molecule has 0 radical (unpaired) electrons. The van der Waals surface area contributed by atoms with Crippen molar-refractivity contribution in [2.75, 3.05) is 20.6 Å². The highest BCUT2D eigenvalue weighted by atomic mass is 32.2. The first-order valence-corrected chi connectivity index (χ1v) is 10.2. The van der Waals surface area contributed by atoms with Crippen LogP contribution in [0.2, 0.25) is 0 Å². The van der Waals surface area contributed by atoms with Crippen LogP contribution in [0.5, 0.6) is 0 Å². The van der Waals surface area contributed by atoms with Crippen LogP contribution in [0.15, 0.2) is 57.0 Å². The van der Waals surface area contributed by atoms with Crippen LogP contribution < -0.4 is 0 Å². The standard InChI is InChI=1S/C17H19N3O4S2/c1-12-11-20(16(21)15-8-5-9-24-15)17(25-12)18-13-6-4-7-14(10-13)26(22,23)19(2)3/h4-10,12H,11H2,1-3H3/t12-/m1/s1. The quantitative estimate of drug-likeness (QED) is 0.798. The monoisotopic (exact) mass is 393 g/mol. The molecule has 1 aromatic heterocycles. The van der Waals surface area contributed by atoms with Crippen LogP contribution in [0, 0.1) is 0 Å². The minimum atomic E-state index is -3.55. The molecular formula is C17H19N3O4S2. The maximum absolute atomic E-state index is 12.6. The first kappa shape index (κ1) is 18.7. The van der Waals surface area contributed by atoms with Crippen LogP contribution in [0.3, 0.4) is 0 Å². The molecule has 1 aromatic carbocycles. The molecule has 26 heavy (non-hydrogen) atoms. The fourth-order valence-corrected chi connectivity index (χ4v) is 4.41. The molecular weight excluding hydrogens is 374 g/mol. The zero-order valence-electron chi connectivity index (χ0n) is 14.6. The smallest absolute Gasteiger partial charge is 0.295 e. The Hall–Kier alpha value is -2.10. The molecule has 138 valence electrons. The molecule has 0 bridgehead atoms. The summed E-state index contributed by atoms with van der Waals surface area (Å²) in [4.78, 5) is 18.8. The van der Waals surface area contributed by atoms with Gasteiger partial charge in [0.05, 0.1) is 16.8 Å². The van der Waals surface area contributed by atoms with Gasteiger partial charge in [0, 0.05) is 25.9 Å². The van der Waals surface area contributed by atoms with E-state index in [1.165, 1.54) is 44.3 Å². The number of rotatable bonds is 4. The Balaban J connectivity index is 1.94. The fraction of sp³-hybridized carbons (Fsp3) is 0.294. The van der Waals surface area contributed by atoms with E-state index in [-0.39, 0.29) is 21.8 Å². The predicted molar refractivity (Wildman–Crippen MR) is 101 cm³/mol. The maximum atomic E-state index is 12.6. The van der Waals surface area contributed by atoms with Crippen molar-refractivity contribution >= 4 is 38.5 Å². The molecule has 0 N–H and O–H groups in total. The van der Waals surface area contributed by atoms with E-state index < -0.39 is 10.0 Å². The summed E-state index contributed by atoms with van der Waals surface area (Å²) in [5, 5.41) is 0.708. The number of sulfonamides is 1. The van der Waals surface area contributed by atoms with E-state index in [1.807, 2.05) is 6.92 Å². The summed E-state index contributed by atoms with van der Waals surface area (Å²) in [6, 6.07) is 9.64. The van der Waals surface area contributed by atoms with Gasteiger partial charge in [0.15, 0.2) is 10.9 Å². The van der Waals surface area contributed by atoms with Gasteiger partial charge in [0.2, 0.25) is 10.0 Å². The van der Waals surface area contributed by atoms with Gasteiger partial charge in [0.25, 0.3) is 5.91 Å². The highest BCUT2D eigenvalue weighted by molar-refractivity contribution is 8.14. The molecule has 0 spiro atoms. The molecule has 1 fully saturated rings. The van der Waals surface area contributed by atoms with Crippen molar-refractivity contribution in [3.63, 3.8) is 0 Å². The van der Waals surface area contributed by atoms with Gasteiger partial charge in [-0.05, 0) is 30.3 Å². The molecule has 2 heterocycles. The SMILES string of the molecule is C[C@@H]1CN(C(=O)c2ccco2)C(=Nc2cccc(S(=O)(=O)N(C)C)c2)S1. The highest BCUT2D eigenvalue weighted by Gasteiger charge is 2.32. The predicted octanol–water partition coefficient (Wildman–Crippen LogP) is 2.80. The molecule has 0 unspecified atom stereocenters. The Morgan fingerprint density at radius 3 is 2.73 bits per heavy atom. The van der Waals surface area contributed by atoms with E-state index in [4.69, 9.17) is 4.42 Å². The van der Waals surface area contributed by atoms with E-state index in [9.17, 15) is 13.2 Å². The Kier molecular flexibility index (Phi) is 5.22. The number of carbonyl (C=O) groups is 1. The van der Waals surface area contributed by atoms with Gasteiger partial charge in [-0.2, -0.15) is 0 Å². The van der Waals surface area contributed by atoms with Crippen LogP contribution >= 0.6 is 11.8 Å². The molecule has 1 saturated heterocycles. The molecule has 9 heteroatoms. The first-order chi connectivity index (χ1) is 12.3. The lowest BCUT2D eigenvalue weighted by Gasteiger charge is -2.15. The molecule has 3 rings (SSSR count). The lowest BCUT2D eigenvalue weighted by Crippen LogP contribution is -2.32. The highest BCUT2D eigenvalue weighted by Crippen LogP contribution is 2.30. The second-order valence-electron chi connectivity index (χ2n) is 6.00. The number of nitrogens with zero attached hydrogens (tertiary/aromatic N) is 3. The molecule has 7 nitrogen and oxygen atoms in total. The summed E-state index contributed by atoms with van der Waals surface area (Å²) in [7, 11) is -0.591. The van der Waals surface area contributed by atoms with Crippen LogP contribution in [-0.4, -0.2) is 54.6 Å². The fourth-order valence-electron chi connectivity index (χ4n) is 2.44. The number of hydrogen-bond donors (Lipinski definition) is 0. The minimum Gasteiger partial charge on any atom is -0.459 e. The first-order valence-electron chi connectivity index (χ1n) is 7.92. The van der Waals surface area contributed by atoms with E-state index >= 15 is 0 Å². The molecule has 1 aliphatic heterocycles.